The van der Waals surface area contributed by atoms with Gasteiger partial charge >= 0.3 is 0 Å². The molecular weight excluding hydrogens is 524 g/mol. The van der Waals surface area contributed by atoms with E-state index >= 15 is 0 Å². The van der Waals surface area contributed by atoms with Crippen LogP contribution in [0.1, 0.15) is 40.6 Å². The molecule has 3 aromatic carbocycles. The summed E-state index contributed by atoms with van der Waals surface area (Å²) in [6, 6.07) is 25.2. The number of aromatic nitrogens is 1. The Kier molecular flexibility index (Phi) is 9.53. The SMILES string of the molecule is CCC(Sc1cccc(NC(=O)/C(=C/c2ccc(C)cc2)NC(=O)c2ccccc2)c1)C(=O)Nc1cc(C)on1. The molecule has 8 nitrogen and oxygen atoms in total. The third-order valence-corrected chi connectivity index (χ3v) is 7.19. The van der Waals surface area contributed by atoms with Crippen LogP contribution in [0.2, 0.25) is 0 Å². The van der Waals surface area contributed by atoms with Gasteiger partial charge in [0.05, 0.1) is 5.25 Å². The number of rotatable bonds is 10. The van der Waals surface area contributed by atoms with Gasteiger partial charge in [-0.1, -0.05) is 66.2 Å². The molecule has 4 aromatic rings. The predicted octanol–water partition coefficient (Wildman–Crippen LogP) is 6.21. The molecule has 0 fully saturated rings. The van der Waals surface area contributed by atoms with Crippen molar-refractivity contribution in [2.24, 2.45) is 0 Å². The number of thioether (sulfide) groups is 1. The molecule has 3 N–H and O–H groups in total. The molecule has 0 aliphatic rings. The summed E-state index contributed by atoms with van der Waals surface area (Å²) in [6.45, 7) is 5.66. The molecule has 0 radical (unpaired) electrons. The van der Waals surface area contributed by atoms with E-state index in [1.807, 2.05) is 50.2 Å². The molecule has 0 bridgehead atoms. The molecule has 1 heterocycles. The first-order valence-corrected chi connectivity index (χ1v) is 13.7. The maximum Gasteiger partial charge on any atom is 0.272 e. The van der Waals surface area contributed by atoms with Crippen LogP contribution in [0.15, 0.2) is 100 Å². The third kappa shape index (κ3) is 7.94. The standard InChI is InChI=1S/C31H30N4O4S/c1-4-27(31(38)34-28-17-21(3)39-35-28)40-25-12-8-11-24(19-25)32-30(37)26(18-22-15-13-20(2)14-16-22)33-29(36)23-9-6-5-7-10-23/h5-19,27H,4H2,1-3H3,(H,32,37)(H,33,36)(H,34,35,38)/b26-18-. The van der Waals surface area contributed by atoms with Gasteiger partial charge in [-0.3, -0.25) is 14.4 Å². The van der Waals surface area contributed by atoms with Crippen LogP contribution in [-0.2, 0) is 9.59 Å². The quantitative estimate of drug-likeness (QED) is 0.159. The van der Waals surface area contributed by atoms with Gasteiger partial charge in [0, 0.05) is 22.2 Å². The summed E-state index contributed by atoms with van der Waals surface area (Å²) < 4.78 is 5.02. The summed E-state index contributed by atoms with van der Waals surface area (Å²) in [7, 11) is 0. The normalized spacial score (nSPS) is 11.9. The van der Waals surface area contributed by atoms with E-state index < -0.39 is 11.8 Å². The van der Waals surface area contributed by atoms with E-state index in [-0.39, 0.29) is 16.9 Å². The molecule has 1 unspecified atom stereocenters. The second-order valence-corrected chi connectivity index (χ2v) is 10.4. The lowest BCUT2D eigenvalue weighted by atomic mass is 10.1. The number of hydrogen-bond donors (Lipinski definition) is 3. The van der Waals surface area contributed by atoms with E-state index in [0.717, 1.165) is 16.0 Å². The monoisotopic (exact) mass is 554 g/mol. The molecule has 3 amide bonds. The largest absolute Gasteiger partial charge is 0.360 e. The Labute approximate surface area is 237 Å². The Morgan fingerprint density at radius 3 is 2.35 bits per heavy atom. The summed E-state index contributed by atoms with van der Waals surface area (Å²) in [5, 5.41) is 11.8. The van der Waals surface area contributed by atoms with E-state index in [0.29, 0.717) is 29.2 Å². The summed E-state index contributed by atoms with van der Waals surface area (Å²) in [5.74, 6) is -0.0823. The molecule has 0 aliphatic heterocycles. The molecule has 40 heavy (non-hydrogen) atoms. The van der Waals surface area contributed by atoms with Crippen molar-refractivity contribution >= 4 is 47.1 Å². The zero-order valence-corrected chi connectivity index (χ0v) is 23.2. The van der Waals surface area contributed by atoms with E-state index in [2.05, 4.69) is 21.1 Å². The van der Waals surface area contributed by atoms with E-state index in [1.165, 1.54) is 11.8 Å². The fraction of sp³-hybridized carbons (Fsp3) is 0.161. The second-order valence-electron chi connectivity index (χ2n) is 9.10. The zero-order valence-electron chi connectivity index (χ0n) is 22.4. The molecule has 0 saturated heterocycles. The summed E-state index contributed by atoms with van der Waals surface area (Å²) in [4.78, 5) is 39.8. The number of anilines is 2. The molecule has 0 saturated carbocycles. The van der Waals surface area contributed by atoms with Crippen molar-refractivity contribution in [1.82, 2.24) is 10.5 Å². The molecule has 204 valence electrons. The molecule has 1 atom stereocenters. The van der Waals surface area contributed by atoms with E-state index in [4.69, 9.17) is 4.52 Å². The van der Waals surface area contributed by atoms with Crippen molar-refractivity contribution in [3.05, 3.63) is 113 Å². The highest BCUT2D eigenvalue weighted by Crippen LogP contribution is 2.29. The van der Waals surface area contributed by atoms with Crippen LogP contribution in [0, 0.1) is 13.8 Å². The molecular formula is C31H30N4O4S. The zero-order chi connectivity index (χ0) is 28.5. The van der Waals surface area contributed by atoms with Crippen LogP contribution in [0.25, 0.3) is 6.08 Å². The van der Waals surface area contributed by atoms with Gasteiger partial charge in [-0.05, 0) is 62.2 Å². The first kappa shape index (κ1) is 28.4. The number of aryl methyl sites for hydroxylation is 2. The smallest absolute Gasteiger partial charge is 0.272 e. The predicted molar refractivity (Wildman–Crippen MR) is 158 cm³/mol. The number of carbonyl (C=O) groups is 3. The first-order chi connectivity index (χ1) is 19.3. The van der Waals surface area contributed by atoms with Crippen LogP contribution < -0.4 is 16.0 Å². The summed E-state index contributed by atoms with van der Waals surface area (Å²) in [6.07, 6.45) is 2.22. The maximum atomic E-state index is 13.4. The van der Waals surface area contributed by atoms with Gasteiger partial charge in [-0.15, -0.1) is 11.8 Å². The van der Waals surface area contributed by atoms with Crippen molar-refractivity contribution in [3.63, 3.8) is 0 Å². The van der Waals surface area contributed by atoms with Crippen molar-refractivity contribution in [1.29, 1.82) is 0 Å². The van der Waals surface area contributed by atoms with Crippen LogP contribution in [-0.4, -0.2) is 28.1 Å². The third-order valence-electron chi connectivity index (χ3n) is 5.83. The number of amides is 3. The molecule has 9 heteroatoms. The Morgan fingerprint density at radius 2 is 1.68 bits per heavy atom. The molecule has 0 aliphatic carbocycles. The number of carbonyl (C=O) groups excluding carboxylic acids is 3. The molecule has 1 aromatic heterocycles. The lowest BCUT2D eigenvalue weighted by molar-refractivity contribution is -0.116. The van der Waals surface area contributed by atoms with E-state index in [9.17, 15) is 14.4 Å². The maximum absolute atomic E-state index is 13.4. The van der Waals surface area contributed by atoms with Crippen molar-refractivity contribution < 1.29 is 18.9 Å². The van der Waals surface area contributed by atoms with Crippen molar-refractivity contribution in [2.45, 2.75) is 37.3 Å². The number of benzene rings is 3. The molecule has 0 spiro atoms. The average molecular weight is 555 g/mol. The number of hydrogen-bond acceptors (Lipinski definition) is 6. The summed E-state index contributed by atoms with van der Waals surface area (Å²) in [5.41, 5.74) is 2.92. The van der Waals surface area contributed by atoms with Crippen molar-refractivity contribution in [3.8, 4) is 0 Å². The van der Waals surface area contributed by atoms with Crippen LogP contribution >= 0.6 is 11.8 Å². The van der Waals surface area contributed by atoms with Gasteiger partial charge in [0.2, 0.25) is 5.91 Å². The number of nitrogens with one attached hydrogen (secondary N) is 3. The first-order valence-electron chi connectivity index (χ1n) is 12.8. The van der Waals surface area contributed by atoms with Gasteiger partial charge in [-0.25, -0.2) is 0 Å². The minimum atomic E-state index is -0.474. The van der Waals surface area contributed by atoms with E-state index in [1.54, 1.807) is 61.5 Å². The second kappa shape index (κ2) is 13.4. The average Bonchev–Trinajstić information content (AvgIpc) is 3.37. The van der Waals surface area contributed by atoms with Crippen LogP contribution in [0.4, 0.5) is 11.5 Å². The topological polar surface area (TPSA) is 113 Å². The van der Waals surface area contributed by atoms with Gasteiger partial charge in [0.25, 0.3) is 11.8 Å². The summed E-state index contributed by atoms with van der Waals surface area (Å²) >= 11 is 1.38. The highest BCUT2D eigenvalue weighted by atomic mass is 32.2. The minimum Gasteiger partial charge on any atom is -0.360 e. The van der Waals surface area contributed by atoms with Crippen molar-refractivity contribution in [2.75, 3.05) is 10.6 Å². The lowest BCUT2D eigenvalue weighted by Gasteiger charge is -2.15. The fourth-order valence-corrected chi connectivity index (χ4v) is 4.75. The van der Waals surface area contributed by atoms with Gasteiger partial charge in [0.1, 0.15) is 11.5 Å². The van der Waals surface area contributed by atoms with Crippen LogP contribution in [0.5, 0.6) is 0 Å². The van der Waals surface area contributed by atoms with Gasteiger partial charge in [-0.2, -0.15) is 0 Å². The highest BCUT2D eigenvalue weighted by molar-refractivity contribution is 8.00. The fourth-order valence-electron chi connectivity index (χ4n) is 3.74. The molecule has 4 rings (SSSR count). The van der Waals surface area contributed by atoms with Gasteiger partial charge in [0.15, 0.2) is 5.82 Å². The Hall–Kier alpha value is -4.63. The Bertz CT molecular complexity index is 1510. The van der Waals surface area contributed by atoms with Gasteiger partial charge < -0.3 is 20.5 Å². The Morgan fingerprint density at radius 1 is 0.925 bits per heavy atom. The lowest BCUT2D eigenvalue weighted by Crippen LogP contribution is -2.30. The minimum absolute atomic E-state index is 0.101. The highest BCUT2D eigenvalue weighted by Gasteiger charge is 2.20. The number of nitrogens with zero attached hydrogens (tertiary/aromatic N) is 1. The Balaban J connectivity index is 1.49. The van der Waals surface area contributed by atoms with Crippen LogP contribution in [0.3, 0.4) is 0 Å².